The van der Waals surface area contributed by atoms with Gasteiger partial charge in [-0.1, -0.05) is 11.3 Å². The van der Waals surface area contributed by atoms with Gasteiger partial charge in [0.1, 0.15) is 22.4 Å². The molecule has 5 nitrogen and oxygen atoms in total. The Hall–Kier alpha value is -1.78. The van der Waals surface area contributed by atoms with Crippen LogP contribution in [0.4, 0.5) is 15.1 Å². The van der Waals surface area contributed by atoms with Gasteiger partial charge in [-0.3, -0.25) is 4.79 Å². The smallest absolute Gasteiger partial charge is 0.256 e. The van der Waals surface area contributed by atoms with Crippen LogP contribution in [0.15, 0.2) is 36.5 Å². The number of benzene rings is 1. The molecule has 3 rings (SSSR count). The van der Waals surface area contributed by atoms with Crippen LogP contribution in [0.5, 0.6) is 0 Å². The van der Waals surface area contributed by atoms with Crippen molar-refractivity contribution in [2.45, 2.75) is 0 Å². The van der Waals surface area contributed by atoms with Gasteiger partial charge in [0.05, 0.1) is 11.3 Å². The van der Waals surface area contributed by atoms with Gasteiger partial charge in [-0.25, -0.2) is 9.37 Å². The fourth-order valence-electron chi connectivity index (χ4n) is 2.19. The molecule has 0 aliphatic carbocycles. The Morgan fingerprint density at radius 1 is 1.42 bits per heavy atom. The van der Waals surface area contributed by atoms with Crippen LogP contribution in [-0.4, -0.2) is 24.7 Å². The van der Waals surface area contributed by atoms with E-state index in [-0.39, 0.29) is 18.5 Å². The van der Waals surface area contributed by atoms with Gasteiger partial charge in [-0.15, -0.1) is 0 Å². The van der Waals surface area contributed by atoms with Gasteiger partial charge in [0.25, 0.3) is 5.91 Å². The molecule has 2 heterocycles. The molecule has 0 aliphatic heterocycles. The second-order valence-electron chi connectivity index (χ2n) is 4.85. The van der Waals surface area contributed by atoms with Gasteiger partial charge in [0.15, 0.2) is 0 Å². The molecule has 8 heteroatoms. The molecule has 1 amide bonds. The molecule has 0 saturated carbocycles. The van der Waals surface area contributed by atoms with E-state index in [4.69, 9.17) is 4.74 Å². The third-order valence-corrected chi connectivity index (χ3v) is 4.95. The van der Waals surface area contributed by atoms with Gasteiger partial charge in [0.2, 0.25) is 0 Å². The molecule has 0 fully saturated rings. The lowest BCUT2D eigenvalue weighted by atomic mass is 10.2. The van der Waals surface area contributed by atoms with Crippen LogP contribution in [0.25, 0.3) is 10.2 Å². The summed E-state index contributed by atoms with van der Waals surface area (Å²) in [5.74, 6) is -0.680. The zero-order chi connectivity index (χ0) is 17.1. The maximum Gasteiger partial charge on any atom is 0.256 e. The minimum Gasteiger partial charge on any atom is -0.364 e. The number of hydrogen-bond acceptors (Lipinski definition) is 5. The number of nitrogens with one attached hydrogen (secondary N) is 2. The highest BCUT2D eigenvalue weighted by Crippen LogP contribution is 2.36. The molecule has 2 aromatic heterocycles. The van der Waals surface area contributed by atoms with E-state index >= 15 is 0 Å². The lowest BCUT2D eigenvalue weighted by molar-refractivity contribution is 0.0875. The molecule has 0 atom stereocenters. The first-order valence-corrected chi connectivity index (χ1v) is 8.86. The number of pyridine rings is 1. The van der Waals surface area contributed by atoms with Crippen LogP contribution in [-0.2, 0) is 4.74 Å². The maximum atomic E-state index is 14.1. The lowest BCUT2D eigenvalue weighted by Crippen LogP contribution is -2.25. The number of amides is 1. The van der Waals surface area contributed by atoms with Crippen molar-refractivity contribution < 1.29 is 13.9 Å². The number of carbonyl (C=O) groups excluding carboxylic acids is 1. The minimum atomic E-state index is -0.379. The molecule has 124 valence electrons. The number of nitrogens with zero attached hydrogens (tertiary/aromatic N) is 1. The van der Waals surface area contributed by atoms with E-state index in [1.165, 1.54) is 24.5 Å². The van der Waals surface area contributed by atoms with E-state index < -0.39 is 0 Å². The van der Waals surface area contributed by atoms with Crippen molar-refractivity contribution in [2.75, 3.05) is 19.2 Å². The Balaban J connectivity index is 2.04. The van der Waals surface area contributed by atoms with Gasteiger partial charge in [-0.05, 0) is 52.9 Å². The monoisotopic (exact) mass is 457 g/mol. The molecule has 2 N–H and O–H groups in total. The topological polar surface area (TPSA) is 63.2 Å². The number of fused-ring (bicyclic) bond motifs is 1. The van der Waals surface area contributed by atoms with Crippen LogP contribution in [0.2, 0.25) is 0 Å². The third-order valence-electron chi connectivity index (χ3n) is 3.25. The first-order chi connectivity index (χ1) is 11.6. The fraction of sp³-hybridized carbons (Fsp3) is 0.125. The Bertz CT molecular complexity index is 900. The summed E-state index contributed by atoms with van der Waals surface area (Å²) < 4.78 is 19.8. The summed E-state index contributed by atoms with van der Waals surface area (Å²) in [5, 5.41) is 6.92. The summed E-state index contributed by atoms with van der Waals surface area (Å²) in [6, 6.07) is 8.44. The van der Waals surface area contributed by atoms with Crippen molar-refractivity contribution in [3.05, 3.63) is 51.5 Å². The molecule has 0 aliphatic rings. The van der Waals surface area contributed by atoms with Gasteiger partial charge in [-0.2, -0.15) is 0 Å². The molecule has 0 bridgehead atoms. The number of halogens is 2. The second kappa shape index (κ2) is 7.41. The number of ether oxygens (including phenoxy) is 1. The average molecular weight is 457 g/mol. The van der Waals surface area contributed by atoms with E-state index in [1.54, 1.807) is 24.4 Å². The van der Waals surface area contributed by atoms with Crippen molar-refractivity contribution in [1.82, 2.24) is 10.3 Å². The summed E-state index contributed by atoms with van der Waals surface area (Å²) in [4.78, 5) is 17.5. The van der Waals surface area contributed by atoms with E-state index in [0.29, 0.717) is 26.5 Å². The molecule has 24 heavy (non-hydrogen) atoms. The molecule has 0 spiro atoms. The Kier molecular flexibility index (Phi) is 5.27. The first-order valence-electron chi connectivity index (χ1n) is 6.97. The number of thiophene rings is 1. The minimum absolute atomic E-state index is 0.0910. The van der Waals surface area contributed by atoms with Crippen LogP contribution < -0.4 is 10.6 Å². The van der Waals surface area contributed by atoms with E-state index in [1.807, 2.05) is 28.7 Å². The molecule has 1 aromatic carbocycles. The average Bonchev–Trinajstić information content (AvgIpc) is 2.93. The number of aromatic nitrogens is 1. The Morgan fingerprint density at radius 3 is 3.00 bits per heavy atom. The summed E-state index contributed by atoms with van der Waals surface area (Å²) in [6.45, 7) is 0.0910. The van der Waals surface area contributed by atoms with Crippen molar-refractivity contribution in [2.24, 2.45) is 0 Å². The highest BCUT2D eigenvalue weighted by Gasteiger charge is 2.20. The molecule has 3 aromatic rings. The first kappa shape index (κ1) is 17.1. The molecule has 0 radical (unpaired) electrons. The summed E-state index contributed by atoms with van der Waals surface area (Å²) in [6.07, 6.45) is 1.66. The zero-order valence-electron chi connectivity index (χ0n) is 12.6. The lowest BCUT2D eigenvalue weighted by Gasteiger charge is -2.09. The van der Waals surface area contributed by atoms with E-state index in [0.717, 1.165) is 3.57 Å². The highest BCUT2D eigenvalue weighted by molar-refractivity contribution is 14.1. The summed E-state index contributed by atoms with van der Waals surface area (Å²) in [7, 11) is 1.49. The van der Waals surface area contributed by atoms with Crippen LogP contribution >= 0.6 is 33.9 Å². The summed E-state index contributed by atoms with van der Waals surface area (Å²) >= 11 is 3.34. The van der Waals surface area contributed by atoms with Crippen molar-refractivity contribution in [1.29, 1.82) is 0 Å². The highest BCUT2D eigenvalue weighted by atomic mass is 127. The number of carbonyl (C=O) groups is 1. The SMILES string of the molecule is COCNC(=O)c1c(Nc2ccc(I)cc2F)sc2ncccc12. The van der Waals surface area contributed by atoms with Crippen LogP contribution in [0.1, 0.15) is 10.4 Å². The quantitative estimate of drug-likeness (QED) is 0.447. The largest absolute Gasteiger partial charge is 0.364 e. The van der Waals surface area contributed by atoms with Crippen molar-refractivity contribution in [3.63, 3.8) is 0 Å². The van der Waals surface area contributed by atoms with Crippen LogP contribution in [0, 0.1) is 9.39 Å². The number of anilines is 2. The number of hydrogen-bond donors (Lipinski definition) is 2. The third kappa shape index (κ3) is 3.50. The van der Waals surface area contributed by atoms with E-state index in [9.17, 15) is 9.18 Å². The molecule has 0 unspecified atom stereocenters. The normalized spacial score (nSPS) is 10.8. The fourth-order valence-corrected chi connectivity index (χ4v) is 3.69. The predicted molar refractivity (Wildman–Crippen MR) is 101 cm³/mol. The molecular weight excluding hydrogens is 444 g/mol. The molecular formula is C16H13FIN3O2S. The van der Waals surface area contributed by atoms with Gasteiger partial charge >= 0.3 is 0 Å². The Labute approximate surface area is 155 Å². The van der Waals surface area contributed by atoms with Crippen molar-refractivity contribution in [3.8, 4) is 0 Å². The molecule has 0 saturated heterocycles. The van der Waals surface area contributed by atoms with E-state index in [2.05, 4.69) is 15.6 Å². The second-order valence-corrected chi connectivity index (χ2v) is 7.10. The predicted octanol–water partition coefficient (Wildman–Crippen LogP) is 4.12. The maximum absolute atomic E-state index is 14.1. The number of rotatable bonds is 5. The van der Waals surface area contributed by atoms with Crippen LogP contribution in [0.3, 0.4) is 0 Å². The summed E-state index contributed by atoms with van der Waals surface area (Å²) in [5.41, 5.74) is 0.737. The Morgan fingerprint density at radius 2 is 2.25 bits per heavy atom. The zero-order valence-corrected chi connectivity index (χ0v) is 15.6. The van der Waals surface area contributed by atoms with Gasteiger partial charge < -0.3 is 15.4 Å². The van der Waals surface area contributed by atoms with Crippen molar-refractivity contribution >= 4 is 60.7 Å². The number of methoxy groups -OCH3 is 1. The van der Waals surface area contributed by atoms with Gasteiger partial charge in [0, 0.05) is 22.3 Å². The standard InChI is InChI=1S/C16H13FIN3O2S/c1-23-8-20-14(22)13-10-3-2-6-19-15(10)24-16(13)21-12-5-4-9(18)7-11(12)17/h2-7,21H,8H2,1H3,(H,20,22).